The molecule has 0 radical (unpaired) electrons. The summed E-state index contributed by atoms with van der Waals surface area (Å²) in [5.41, 5.74) is 5.36. The Bertz CT molecular complexity index is 282. The second kappa shape index (κ2) is 5.23. The van der Waals surface area contributed by atoms with Gasteiger partial charge in [0.15, 0.2) is 5.84 Å². The summed E-state index contributed by atoms with van der Waals surface area (Å²) in [6.45, 7) is 2.05. The maximum Gasteiger partial charge on any atom is 0.153 e. The van der Waals surface area contributed by atoms with E-state index in [1.54, 1.807) is 6.20 Å². The highest BCUT2D eigenvalue weighted by molar-refractivity contribution is 5.81. The van der Waals surface area contributed by atoms with Crippen LogP contribution in [0.15, 0.2) is 23.6 Å². The molecule has 0 aliphatic carbocycles. The van der Waals surface area contributed by atoms with Crippen LogP contribution in [0, 0.1) is 0 Å². The van der Waals surface area contributed by atoms with Gasteiger partial charge in [-0.3, -0.25) is 9.58 Å². The predicted octanol–water partition coefficient (Wildman–Crippen LogP) is -0.439. The Balaban J connectivity index is 2.25. The zero-order valence-electron chi connectivity index (χ0n) is 8.17. The van der Waals surface area contributed by atoms with Crippen LogP contribution in [0.1, 0.15) is 0 Å². The third kappa shape index (κ3) is 3.44. The molecule has 0 saturated carbocycles. The molecule has 0 saturated heterocycles. The smallest absolute Gasteiger partial charge is 0.153 e. The lowest BCUT2D eigenvalue weighted by Gasteiger charge is -2.14. The van der Waals surface area contributed by atoms with Crippen molar-refractivity contribution in [2.24, 2.45) is 10.9 Å². The van der Waals surface area contributed by atoms with E-state index < -0.39 is 0 Å². The average molecular weight is 197 g/mol. The molecule has 1 heterocycles. The van der Waals surface area contributed by atoms with Crippen LogP contribution in [0.4, 0.5) is 0 Å². The third-order valence-electron chi connectivity index (χ3n) is 1.83. The maximum absolute atomic E-state index is 8.35. The van der Waals surface area contributed by atoms with Crippen molar-refractivity contribution in [3.63, 3.8) is 0 Å². The molecular formula is C8H15N5O. The number of likely N-dealkylation sites (N-methyl/N-ethyl adjacent to an activating group) is 1. The minimum atomic E-state index is 0.216. The van der Waals surface area contributed by atoms with Gasteiger partial charge in [-0.2, -0.15) is 5.10 Å². The van der Waals surface area contributed by atoms with E-state index in [1.807, 2.05) is 28.9 Å². The molecule has 1 rings (SSSR count). The van der Waals surface area contributed by atoms with Crippen molar-refractivity contribution in [3.05, 3.63) is 18.5 Å². The molecule has 0 bridgehead atoms. The Hall–Kier alpha value is -1.56. The minimum Gasteiger partial charge on any atom is -0.409 e. The standard InChI is InChI=1S/C8H15N5O/c1-12(7-8(9)11-14)5-6-13-4-2-3-10-13/h2-4,14H,5-7H2,1H3,(H2,9,11). The summed E-state index contributed by atoms with van der Waals surface area (Å²) in [5.74, 6) is 0.216. The Morgan fingerprint density at radius 3 is 3.07 bits per heavy atom. The zero-order chi connectivity index (χ0) is 10.4. The largest absolute Gasteiger partial charge is 0.409 e. The number of hydrogen-bond acceptors (Lipinski definition) is 4. The van der Waals surface area contributed by atoms with Gasteiger partial charge < -0.3 is 10.9 Å². The Morgan fingerprint density at radius 2 is 2.50 bits per heavy atom. The van der Waals surface area contributed by atoms with Gasteiger partial charge in [0.25, 0.3) is 0 Å². The molecule has 0 aliphatic heterocycles. The lowest BCUT2D eigenvalue weighted by atomic mass is 10.5. The molecule has 78 valence electrons. The van der Waals surface area contributed by atoms with Crippen LogP contribution in [0.5, 0.6) is 0 Å². The average Bonchev–Trinajstić information content (AvgIpc) is 2.67. The first-order valence-electron chi connectivity index (χ1n) is 4.34. The maximum atomic E-state index is 8.35. The molecule has 6 heteroatoms. The van der Waals surface area contributed by atoms with Gasteiger partial charge in [-0.15, -0.1) is 0 Å². The molecule has 0 unspecified atom stereocenters. The number of aromatic nitrogens is 2. The van der Waals surface area contributed by atoms with E-state index in [0.29, 0.717) is 6.54 Å². The van der Waals surface area contributed by atoms with Crippen molar-refractivity contribution in [1.29, 1.82) is 0 Å². The van der Waals surface area contributed by atoms with Crippen LogP contribution in [0.3, 0.4) is 0 Å². The van der Waals surface area contributed by atoms with Gasteiger partial charge in [0.05, 0.1) is 13.1 Å². The molecule has 0 fully saturated rings. The first-order valence-corrected chi connectivity index (χ1v) is 4.34. The molecule has 0 atom stereocenters. The summed E-state index contributed by atoms with van der Waals surface area (Å²) < 4.78 is 1.84. The van der Waals surface area contributed by atoms with Crippen molar-refractivity contribution < 1.29 is 5.21 Å². The quantitative estimate of drug-likeness (QED) is 0.290. The van der Waals surface area contributed by atoms with Gasteiger partial charge in [0.1, 0.15) is 0 Å². The van der Waals surface area contributed by atoms with Crippen LogP contribution in [-0.4, -0.2) is 45.9 Å². The summed E-state index contributed by atoms with van der Waals surface area (Å²) in [5, 5.41) is 15.3. The molecule has 0 aromatic carbocycles. The van der Waals surface area contributed by atoms with Crippen LogP contribution < -0.4 is 5.73 Å². The second-order valence-electron chi connectivity index (χ2n) is 3.10. The van der Waals surface area contributed by atoms with Crippen LogP contribution >= 0.6 is 0 Å². The van der Waals surface area contributed by atoms with E-state index in [2.05, 4.69) is 10.3 Å². The first kappa shape index (κ1) is 10.5. The molecular weight excluding hydrogens is 182 g/mol. The number of nitrogens with zero attached hydrogens (tertiary/aromatic N) is 4. The molecule has 0 aliphatic rings. The molecule has 0 amide bonds. The van der Waals surface area contributed by atoms with Crippen LogP contribution in [0.25, 0.3) is 0 Å². The monoisotopic (exact) mass is 197 g/mol. The van der Waals surface area contributed by atoms with Gasteiger partial charge in [-0.1, -0.05) is 5.16 Å². The second-order valence-corrected chi connectivity index (χ2v) is 3.10. The van der Waals surface area contributed by atoms with E-state index in [1.165, 1.54) is 0 Å². The summed E-state index contributed by atoms with van der Waals surface area (Å²) in [6, 6.07) is 1.88. The number of hydrogen-bond donors (Lipinski definition) is 2. The van der Waals surface area contributed by atoms with E-state index in [4.69, 9.17) is 10.9 Å². The lowest BCUT2D eigenvalue weighted by Crippen LogP contribution is -2.33. The highest BCUT2D eigenvalue weighted by atomic mass is 16.4. The minimum absolute atomic E-state index is 0.216. The van der Waals surface area contributed by atoms with Crippen LogP contribution in [0.2, 0.25) is 0 Å². The molecule has 14 heavy (non-hydrogen) atoms. The SMILES string of the molecule is CN(CCn1cccn1)CC(N)=NO. The Labute approximate surface area is 82.6 Å². The normalized spacial score (nSPS) is 12.3. The van der Waals surface area contributed by atoms with Gasteiger partial charge in [0, 0.05) is 18.9 Å². The van der Waals surface area contributed by atoms with Gasteiger partial charge in [0.2, 0.25) is 0 Å². The summed E-state index contributed by atoms with van der Waals surface area (Å²) in [4.78, 5) is 1.96. The van der Waals surface area contributed by atoms with E-state index in [0.717, 1.165) is 13.1 Å². The number of amidine groups is 1. The van der Waals surface area contributed by atoms with Gasteiger partial charge in [-0.05, 0) is 13.1 Å². The van der Waals surface area contributed by atoms with E-state index in [-0.39, 0.29) is 5.84 Å². The fraction of sp³-hybridized carbons (Fsp3) is 0.500. The highest BCUT2D eigenvalue weighted by Crippen LogP contribution is 1.88. The first-order chi connectivity index (χ1) is 6.72. The topological polar surface area (TPSA) is 79.7 Å². The Morgan fingerprint density at radius 1 is 1.71 bits per heavy atom. The Kier molecular flexibility index (Phi) is 3.93. The molecule has 1 aromatic rings. The number of oxime groups is 1. The third-order valence-corrected chi connectivity index (χ3v) is 1.83. The lowest BCUT2D eigenvalue weighted by molar-refractivity contribution is 0.306. The van der Waals surface area contributed by atoms with Crippen molar-refractivity contribution in [1.82, 2.24) is 14.7 Å². The number of nitrogens with two attached hydrogens (primary N) is 1. The molecule has 6 nitrogen and oxygen atoms in total. The summed E-state index contributed by atoms with van der Waals surface area (Å²) >= 11 is 0. The zero-order valence-corrected chi connectivity index (χ0v) is 8.17. The molecule has 0 spiro atoms. The summed E-state index contributed by atoms with van der Waals surface area (Å²) in [6.07, 6.45) is 3.64. The van der Waals surface area contributed by atoms with E-state index in [9.17, 15) is 0 Å². The van der Waals surface area contributed by atoms with Crippen molar-refractivity contribution in [2.75, 3.05) is 20.1 Å². The summed E-state index contributed by atoms with van der Waals surface area (Å²) in [7, 11) is 1.90. The van der Waals surface area contributed by atoms with Gasteiger partial charge in [-0.25, -0.2) is 0 Å². The van der Waals surface area contributed by atoms with Crippen molar-refractivity contribution in [3.8, 4) is 0 Å². The predicted molar refractivity (Wildman–Crippen MR) is 53.1 cm³/mol. The molecule has 3 N–H and O–H groups in total. The molecule has 1 aromatic heterocycles. The fourth-order valence-corrected chi connectivity index (χ4v) is 1.09. The highest BCUT2D eigenvalue weighted by Gasteiger charge is 2.01. The van der Waals surface area contributed by atoms with Crippen molar-refractivity contribution >= 4 is 5.84 Å². The van der Waals surface area contributed by atoms with Gasteiger partial charge >= 0.3 is 0 Å². The number of rotatable bonds is 5. The van der Waals surface area contributed by atoms with Crippen molar-refractivity contribution in [2.45, 2.75) is 6.54 Å². The van der Waals surface area contributed by atoms with E-state index >= 15 is 0 Å². The van der Waals surface area contributed by atoms with Crippen LogP contribution in [-0.2, 0) is 6.54 Å². The fourth-order valence-electron chi connectivity index (χ4n) is 1.09.